The lowest BCUT2D eigenvalue weighted by atomic mass is 9.94. The number of carbonyl (C=O) groups is 2. The highest BCUT2D eigenvalue weighted by molar-refractivity contribution is 7.13. The van der Waals surface area contributed by atoms with Crippen LogP contribution in [0.4, 0.5) is 0 Å². The van der Waals surface area contributed by atoms with E-state index < -0.39 is 18.1 Å². The maximum absolute atomic E-state index is 13.4. The van der Waals surface area contributed by atoms with E-state index in [0.717, 1.165) is 21.7 Å². The molecule has 0 spiro atoms. The maximum atomic E-state index is 13.4. The van der Waals surface area contributed by atoms with E-state index in [2.05, 4.69) is 20.5 Å². The molecule has 0 unspecified atom stereocenters. The normalized spacial score (nSPS) is 18.9. The van der Waals surface area contributed by atoms with Crippen LogP contribution in [0.1, 0.15) is 49.2 Å². The summed E-state index contributed by atoms with van der Waals surface area (Å²) in [6.07, 6.45) is -0.576. The molecular weight excluding hydrogens is 454 g/mol. The van der Waals surface area contributed by atoms with Crippen molar-refractivity contribution in [1.82, 2.24) is 25.4 Å². The molecule has 9 nitrogen and oxygen atoms in total. The molecular formula is C24H29N5O4S. The van der Waals surface area contributed by atoms with Gasteiger partial charge in [0.1, 0.15) is 12.0 Å². The van der Waals surface area contributed by atoms with E-state index in [1.54, 1.807) is 18.3 Å². The third-order valence-electron chi connectivity index (χ3n) is 6.03. The van der Waals surface area contributed by atoms with E-state index in [9.17, 15) is 14.7 Å². The maximum Gasteiger partial charge on any atom is 0.243 e. The number of likely N-dealkylation sites (tertiary alicyclic amines) is 1. The number of carbonyl (C=O) groups excluding carboxylic acids is 2. The lowest BCUT2D eigenvalue weighted by Crippen LogP contribution is -2.48. The first-order chi connectivity index (χ1) is 16.2. The summed E-state index contributed by atoms with van der Waals surface area (Å²) >= 11 is 1.59. The van der Waals surface area contributed by atoms with Crippen LogP contribution in [0.25, 0.3) is 10.4 Å². The second-order valence-electron chi connectivity index (χ2n) is 8.96. The summed E-state index contributed by atoms with van der Waals surface area (Å²) in [7, 11) is 0. The van der Waals surface area contributed by atoms with Crippen LogP contribution in [0.3, 0.4) is 0 Å². The Labute approximate surface area is 202 Å². The molecule has 1 aliphatic heterocycles. The molecule has 3 heterocycles. The highest BCUT2D eigenvalue weighted by atomic mass is 32.1. The molecule has 3 aromatic rings. The highest BCUT2D eigenvalue weighted by Gasteiger charge is 2.43. The number of β-amino-alcohol motifs (C(OH)–C–C–N with tert-alkyl or cyclic N) is 1. The molecule has 1 aliphatic rings. The zero-order valence-electron chi connectivity index (χ0n) is 19.7. The third-order valence-corrected chi connectivity index (χ3v) is 7.01. The van der Waals surface area contributed by atoms with Crippen LogP contribution in [0, 0.1) is 19.8 Å². The molecule has 2 aromatic heterocycles. The lowest BCUT2D eigenvalue weighted by molar-refractivity contribution is -0.141. The van der Waals surface area contributed by atoms with Crippen molar-refractivity contribution >= 4 is 23.2 Å². The lowest BCUT2D eigenvalue weighted by Gasteiger charge is -2.28. The van der Waals surface area contributed by atoms with E-state index in [1.165, 1.54) is 4.90 Å². The average Bonchev–Trinajstić information content (AvgIpc) is 3.52. The molecule has 1 aromatic carbocycles. The number of hydrogen-bond donors (Lipinski definition) is 2. The zero-order valence-corrected chi connectivity index (χ0v) is 20.5. The van der Waals surface area contributed by atoms with Crippen molar-refractivity contribution < 1.29 is 19.1 Å². The van der Waals surface area contributed by atoms with Gasteiger partial charge in [0.2, 0.25) is 23.6 Å². The number of amides is 2. The van der Waals surface area contributed by atoms with Gasteiger partial charge in [-0.15, -0.1) is 21.5 Å². The first-order valence-corrected chi connectivity index (χ1v) is 12.2. The number of nitrogens with zero attached hydrogens (tertiary/aromatic N) is 4. The number of thiazole rings is 1. The van der Waals surface area contributed by atoms with Crippen LogP contribution in [-0.4, -0.2) is 55.7 Å². The van der Waals surface area contributed by atoms with Crippen LogP contribution in [-0.2, 0) is 16.1 Å². The quantitative estimate of drug-likeness (QED) is 0.530. The summed E-state index contributed by atoms with van der Waals surface area (Å²) < 4.78 is 5.52. The van der Waals surface area contributed by atoms with Gasteiger partial charge in [-0.1, -0.05) is 38.1 Å². The molecule has 0 radical (unpaired) electrons. The van der Waals surface area contributed by atoms with E-state index in [-0.39, 0.29) is 36.6 Å². The second-order valence-corrected chi connectivity index (χ2v) is 9.81. The van der Waals surface area contributed by atoms with Gasteiger partial charge in [0.05, 0.1) is 22.2 Å². The molecule has 0 saturated carbocycles. The van der Waals surface area contributed by atoms with E-state index >= 15 is 0 Å². The van der Waals surface area contributed by atoms with Gasteiger partial charge in [-0.2, -0.15) is 0 Å². The van der Waals surface area contributed by atoms with Crippen molar-refractivity contribution in [2.45, 2.75) is 58.7 Å². The Bertz CT molecular complexity index is 1160. The fourth-order valence-corrected chi connectivity index (χ4v) is 5.07. The molecule has 1 saturated heterocycles. The van der Waals surface area contributed by atoms with Crippen molar-refractivity contribution in [3.63, 3.8) is 0 Å². The number of aliphatic hydroxyl groups excluding tert-OH is 1. The molecule has 4 rings (SSSR count). The molecule has 2 amide bonds. The van der Waals surface area contributed by atoms with Gasteiger partial charge in [0.15, 0.2) is 0 Å². The van der Waals surface area contributed by atoms with Crippen LogP contribution in [0.2, 0.25) is 0 Å². The molecule has 34 heavy (non-hydrogen) atoms. The third kappa shape index (κ3) is 5.02. The molecule has 2 N–H and O–H groups in total. The van der Waals surface area contributed by atoms with Crippen LogP contribution in [0.15, 0.2) is 34.2 Å². The Balaban J connectivity index is 1.43. The molecule has 3 atom stereocenters. The SMILES string of the molecule is Cc1nnc([C@H](C(=O)N2C[C@H](O)C[C@H]2C(=O)NCc2ccc(-c3scnc3C)cc2)C(C)C)o1. The monoisotopic (exact) mass is 483 g/mol. The standard InChI is InChI=1S/C24H29N5O4S/c1-13(2)20(23-28-27-15(4)33-23)24(32)29-11-18(30)9-19(29)22(31)25-10-16-5-7-17(8-6-16)21-14(3)26-12-34-21/h5-8,12-13,18-20,30H,9-11H2,1-4H3,(H,25,31)/t18-,19+,20-/m1/s1. The van der Waals surface area contributed by atoms with Crippen LogP contribution < -0.4 is 5.32 Å². The molecule has 180 valence electrons. The topological polar surface area (TPSA) is 121 Å². The first kappa shape index (κ1) is 24.0. The Hall–Kier alpha value is -3.11. The van der Waals surface area contributed by atoms with Crippen molar-refractivity contribution in [3.8, 4) is 10.4 Å². The van der Waals surface area contributed by atoms with E-state index in [4.69, 9.17) is 4.42 Å². The molecule has 0 bridgehead atoms. The van der Waals surface area contributed by atoms with E-state index in [1.807, 2.05) is 50.5 Å². The Kier molecular flexibility index (Phi) is 7.08. The highest BCUT2D eigenvalue weighted by Crippen LogP contribution is 2.30. The Morgan fingerprint density at radius 1 is 1.24 bits per heavy atom. The van der Waals surface area contributed by atoms with Crippen molar-refractivity contribution in [1.29, 1.82) is 0 Å². The predicted molar refractivity (Wildman–Crippen MR) is 127 cm³/mol. The number of aliphatic hydroxyl groups is 1. The largest absolute Gasteiger partial charge is 0.425 e. The van der Waals surface area contributed by atoms with Gasteiger partial charge in [-0.3, -0.25) is 9.59 Å². The predicted octanol–water partition coefficient (Wildman–Crippen LogP) is 2.83. The number of benzene rings is 1. The first-order valence-electron chi connectivity index (χ1n) is 11.3. The van der Waals surface area contributed by atoms with Gasteiger partial charge in [0.25, 0.3) is 0 Å². The minimum atomic E-state index is -0.765. The van der Waals surface area contributed by atoms with Crippen molar-refractivity contribution in [2.24, 2.45) is 5.92 Å². The number of aryl methyl sites for hydroxylation is 2. The fourth-order valence-electron chi connectivity index (χ4n) is 4.26. The summed E-state index contributed by atoms with van der Waals surface area (Å²) in [6, 6.07) is 7.20. The van der Waals surface area contributed by atoms with Gasteiger partial charge < -0.3 is 19.7 Å². The fraction of sp³-hybridized carbons (Fsp3) is 0.458. The van der Waals surface area contributed by atoms with Crippen LogP contribution in [0.5, 0.6) is 0 Å². The number of aromatic nitrogens is 3. The van der Waals surface area contributed by atoms with Crippen molar-refractivity contribution in [2.75, 3.05) is 6.54 Å². The number of hydrogen-bond acceptors (Lipinski definition) is 8. The van der Waals surface area contributed by atoms with Crippen LogP contribution >= 0.6 is 11.3 Å². The number of nitrogens with one attached hydrogen (secondary N) is 1. The van der Waals surface area contributed by atoms with Crippen molar-refractivity contribution in [3.05, 3.63) is 52.8 Å². The summed E-state index contributed by atoms with van der Waals surface area (Å²) in [4.78, 5) is 33.3. The van der Waals surface area contributed by atoms with Gasteiger partial charge >= 0.3 is 0 Å². The molecule has 1 fully saturated rings. The zero-order chi connectivity index (χ0) is 24.4. The average molecular weight is 484 g/mol. The molecule has 10 heteroatoms. The van der Waals surface area contributed by atoms with E-state index in [0.29, 0.717) is 12.4 Å². The number of rotatable bonds is 7. The summed E-state index contributed by atoms with van der Waals surface area (Å²) in [5, 5.41) is 21.0. The summed E-state index contributed by atoms with van der Waals surface area (Å²) in [6.45, 7) is 7.84. The second kappa shape index (κ2) is 10.0. The Morgan fingerprint density at radius 2 is 1.97 bits per heavy atom. The van der Waals surface area contributed by atoms with Gasteiger partial charge in [-0.25, -0.2) is 4.98 Å². The Morgan fingerprint density at radius 3 is 2.56 bits per heavy atom. The minimum Gasteiger partial charge on any atom is -0.425 e. The smallest absolute Gasteiger partial charge is 0.243 e. The summed E-state index contributed by atoms with van der Waals surface area (Å²) in [5.74, 6) is -0.773. The molecule has 0 aliphatic carbocycles. The van der Waals surface area contributed by atoms with Gasteiger partial charge in [-0.05, 0) is 24.0 Å². The summed E-state index contributed by atoms with van der Waals surface area (Å²) in [5.41, 5.74) is 4.84. The van der Waals surface area contributed by atoms with Gasteiger partial charge in [0, 0.05) is 26.4 Å². The minimum absolute atomic E-state index is 0.0934.